The van der Waals surface area contributed by atoms with Crippen LogP contribution in [-0.4, -0.2) is 37.0 Å². The van der Waals surface area contributed by atoms with Crippen molar-refractivity contribution in [2.45, 2.75) is 45.6 Å². The zero-order valence-electron chi connectivity index (χ0n) is 18.3. The normalized spacial score (nSPS) is 17.5. The van der Waals surface area contributed by atoms with Crippen molar-refractivity contribution in [2.24, 2.45) is 5.92 Å². The lowest BCUT2D eigenvalue weighted by Crippen LogP contribution is -2.43. The number of carbonyl (C=O) groups excluding carboxylic acids is 1. The first-order valence-corrected chi connectivity index (χ1v) is 10.8. The average Bonchev–Trinajstić information content (AvgIpc) is 2.73. The van der Waals surface area contributed by atoms with Gasteiger partial charge in [-0.1, -0.05) is 45.0 Å². The third kappa shape index (κ3) is 6.56. The Bertz CT molecular complexity index is 813. The molecule has 30 heavy (non-hydrogen) atoms. The van der Waals surface area contributed by atoms with Crippen molar-refractivity contribution in [2.75, 3.05) is 26.2 Å². The first kappa shape index (κ1) is 22.3. The van der Waals surface area contributed by atoms with E-state index in [4.69, 9.17) is 4.74 Å². The minimum atomic E-state index is -0.220. The molecule has 0 unspecified atom stereocenters. The standard InChI is InChI=1S/C25H33FN2O2/c1-25(2,3)21-8-12-23(13-9-21)30-16-14-27-24(29)20-5-4-15-28(18-20)17-19-6-10-22(26)11-7-19/h6-13,20H,4-5,14-18H2,1-3H3,(H,27,29)/t20-/m1/s1. The molecule has 0 bridgehead atoms. The second-order valence-electron chi connectivity index (χ2n) is 9.11. The van der Waals surface area contributed by atoms with Gasteiger partial charge in [0.25, 0.3) is 0 Å². The quantitative estimate of drug-likeness (QED) is 0.680. The number of likely N-dealkylation sites (tertiary alicyclic amines) is 1. The van der Waals surface area contributed by atoms with Gasteiger partial charge in [-0.05, 0) is 60.2 Å². The largest absolute Gasteiger partial charge is 0.492 e. The van der Waals surface area contributed by atoms with E-state index in [0.717, 1.165) is 43.8 Å². The molecule has 0 radical (unpaired) electrons. The van der Waals surface area contributed by atoms with E-state index in [0.29, 0.717) is 13.2 Å². The lowest BCUT2D eigenvalue weighted by molar-refractivity contribution is -0.126. The third-order valence-corrected chi connectivity index (χ3v) is 5.59. The summed E-state index contributed by atoms with van der Waals surface area (Å²) in [5.41, 5.74) is 2.46. The van der Waals surface area contributed by atoms with Gasteiger partial charge in [-0.15, -0.1) is 0 Å². The Morgan fingerprint density at radius 3 is 2.50 bits per heavy atom. The van der Waals surface area contributed by atoms with E-state index in [2.05, 4.69) is 43.1 Å². The first-order chi connectivity index (χ1) is 14.3. The van der Waals surface area contributed by atoms with Gasteiger partial charge in [0.15, 0.2) is 0 Å². The summed E-state index contributed by atoms with van der Waals surface area (Å²) in [7, 11) is 0. The first-order valence-electron chi connectivity index (χ1n) is 10.8. The lowest BCUT2D eigenvalue weighted by atomic mass is 9.87. The minimum absolute atomic E-state index is 0.00901. The molecule has 4 nitrogen and oxygen atoms in total. The molecule has 3 rings (SSSR count). The summed E-state index contributed by atoms with van der Waals surface area (Å²) < 4.78 is 18.8. The highest BCUT2D eigenvalue weighted by Gasteiger charge is 2.25. The number of carbonyl (C=O) groups is 1. The molecule has 1 atom stereocenters. The van der Waals surface area contributed by atoms with Crippen molar-refractivity contribution in [3.63, 3.8) is 0 Å². The molecular weight excluding hydrogens is 379 g/mol. The summed E-state index contributed by atoms with van der Waals surface area (Å²) in [5.74, 6) is 0.679. The van der Waals surface area contributed by atoms with Crippen molar-refractivity contribution in [1.82, 2.24) is 10.2 Å². The second kappa shape index (κ2) is 10.1. The fourth-order valence-electron chi connectivity index (χ4n) is 3.80. The number of hydrogen-bond acceptors (Lipinski definition) is 3. The van der Waals surface area contributed by atoms with Crippen LogP contribution in [0, 0.1) is 11.7 Å². The van der Waals surface area contributed by atoms with Gasteiger partial charge in [0.1, 0.15) is 18.2 Å². The maximum atomic E-state index is 13.1. The van der Waals surface area contributed by atoms with Crippen LogP contribution in [0.2, 0.25) is 0 Å². The number of hydrogen-bond donors (Lipinski definition) is 1. The number of benzene rings is 2. The van der Waals surface area contributed by atoms with Crippen LogP contribution in [0.5, 0.6) is 5.75 Å². The summed E-state index contributed by atoms with van der Waals surface area (Å²) in [6.45, 7) is 9.95. The van der Waals surface area contributed by atoms with Crippen molar-refractivity contribution in [3.8, 4) is 5.75 Å². The molecule has 1 N–H and O–H groups in total. The number of piperidine rings is 1. The zero-order valence-corrected chi connectivity index (χ0v) is 18.3. The Kier molecular flexibility index (Phi) is 7.48. The molecule has 1 amide bonds. The van der Waals surface area contributed by atoms with Crippen LogP contribution >= 0.6 is 0 Å². The van der Waals surface area contributed by atoms with Crippen LogP contribution < -0.4 is 10.1 Å². The van der Waals surface area contributed by atoms with Gasteiger partial charge in [0.05, 0.1) is 12.5 Å². The molecule has 1 aliphatic heterocycles. The average molecular weight is 413 g/mol. The van der Waals surface area contributed by atoms with E-state index in [-0.39, 0.29) is 23.1 Å². The van der Waals surface area contributed by atoms with Crippen LogP contribution in [0.3, 0.4) is 0 Å². The SMILES string of the molecule is CC(C)(C)c1ccc(OCCNC(=O)[C@@H]2CCCN(Cc3ccc(F)cc3)C2)cc1. The van der Waals surface area contributed by atoms with E-state index < -0.39 is 0 Å². The highest BCUT2D eigenvalue weighted by Crippen LogP contribution is 2.24. The molecule has 2 aromatic carbocycles. The van der Waals surface area contributed by atoms with Crippen LogP contribution in [0.25, 0.3) is 0 Å². The van der Waals surface area contributed by atoms with Gasteiger partial charge < -0.3 is 10.1 Å². The van der Waals surface area contributed by atoms with Gasteiger partial charge in [0, 0.05) is 13.1 Å². The summed E-state index contributed by atoms with van der Waals surface area (Å²) in [4.78, 5) is 14.8. The molecule has 1 aliphatic rings. The van der Waals surface area contributed by atoms with E-state index in [1.807, 2.05) is 24.3 Å². The van der Waals surface area contributed by atoms with Gasteiger partial charge in [-0.3, -0.25) is 9.69 Å². The molecule has 1 fully saturated rings. The van der Waals surface area contributed by atoms with Gasteiger partial charge in [0.2, 0.25) is 5.91 Å². The Hall–Kier alpha value is -2.40. The maximum Gasteiger partial charge on any atom is 0.224 e. The highest BCUT2D eigenvalue weighted by molar-refractivity contribution is 5.78. The molecule has 0 spiro atoms. The zero-order chi connectivity index (χ0) is 21.6. The Labute approximate surface area is 179 Å². The molecule has 0 saturated carbocycles. The summed E-state index contributed by atoms with van der Waals surface area (Å²) >= 11 is 0. The number of nitrogens with zero attached hydrogens (tertiary/aromatic N) is 1. The van der Waals surface area contributed by atoms with Crippen molar-refractivity contribution in [1.29, 1.82) is 0 Å². The molecule has 162 valence electrons. The Balaban J connectivity index is 1.39. The highest BCUT2D eigenvalue weighted by atomic mass is 19.1. The number of nitrogens with one attached hydrogen (secondary N) is 1. The molecule has 0 aliphatic carbocycles. The summed E-state index contributed by atoms with van der Waals surface area (Å²) in [6.07, 6.45) is 1.90. The number of amides is 1. The Morgan fingerprint density at radius 2 is 1.83 bits per heavy atom. The van der Waals surface area contributed by atoms with Crippen LogP contribution in [0.4, 0.5) is 4.39 Å². The van der Waals surface area contributed by atoms with E-state index in [1.54, 1.807) is 0 Å². The topological polar surface area (TPSA) is 41.6 Å². The van der Waals surface area contributed by atoms with E-state index in [9.17, 15) is 9.18 Å². The number of halogens is 1. The molecule has 5 heteroatoms. The van der Waals surface area contributed by atoms with Gasteiger partial charge >= 0.3 is 0 Å². The molecule has 2 aromatic rings. The number of ether oxygens (including phenoxy) is 1. The monoisotopic (exact) mass is 412 g/mol. The van der Waals surface area contributed by atoms with Crippen LogP contribution in [-0.2, 0) is 16.8 Å². The van der Waals surface area contributed by atoms with Gasteiger partial charge in [-0.25, -0.2) is 4.39 Å². The molecule has 1 saturated heterocycles. The summed E-state index contributed by atoms with van der Waals surface area (Å²) in [6, 6.07) is 14.7. The predicted octanol–water partition coefficient (Wildman–Crippen LogP) is 4.53. The predicted molar refractivity (Wildman–Crippen MR) is 118 cm³/mol. The molecule has 0 aromatic heterocycles. The second-order valence-corrected chi connectivity index (χ2v) is 9.11. The molecule has 1 heterocycles. The van der Waals surface area contributed by atoms with Crippen LogP contribution in [0.1, 0.15) is 44.7 Å². The van der Waals surface area contributed by atoms with Gasteiger partial charge in [-0.2, -0.15) is 0 Å². The molecular formula is C25H33FN2O2. The minimum Gasteiger partial charge on any atom is -0.492 e. The number of rotatable bonds is 7. The fourth-order valence-corrected chi connectivity index (χ4v) is 3.80. The lowest BCUT2D eigenvalue weighted by Gasteiger charge is -2.32. The van der Waals surface area contributed by atoms with Crippen molar-refractivity contribution >= 4 is 5.91 Å². The maximum absolute atomic E-state index is 13.1. The smallest absolute Gasteiger partial charge is 0.224 e. The Morgan fingerprint density at radius 1 is 1.13 bits per heavy atom. The fraction of sp³-hybridized carbons (Fsp3) is 0.480. The van der Waals surface area contributed by atoms with Crippen molar-refractivity contribution < 1.29 is 13.9 Å². The van der Waals surface area contributed by atoms with Crippen molar-refractivity contribution in [3.05, 3.63) is 65.5 Å². The van der Waals surface area contributed by atoms with E-state index >= 15 is 0 Å². The third-order valence-electron chi connectivity index (χ3n) is 5.59. The summed E-state index contributed by atoms with van der Waals surface area (Å²) in [5, 5.41) is 3.01. The van der Waals surface area contributed by atoms with E-state index in [1.165, 1.54) is 17.7 Å². The van der Waals surface area contributed by atoms with Crippen LogP contribution in [0.15, 0.2) is 48.5 Å².